The summed E-state index contributed by atoms with van der Waals surface area (Å²) in [5.74, 6) is -0.205. The third-order valence-corrected chi connectivity index (χ3v) is 6.88. The molecule has 0 saturated heterocycles. The van der Waals surface area contributed by atoms with Crippen LogP contribution in [0.15, 0.2) is 54.7 Å². The van der Waals surface area contributed by atoms with Crippen LogP contribution in [0.2, 0.25) is 0 Å². The molecule has 7 nitrogen and oxygen atoms in total. The first-order valence-corrected chi connectivity index (χ1v) is 11.8. The maximum absolute atomic E-state index is 12.8. The average Bonchev–Trinajstić information content (AvgIpc) is 3.46. The Balaban J connectivity index is 1.33. The lowest BCUT2D eigenvalue weighted by Gasteiger charge is -2.35. The number of alkyl halides is 3. The predicted octanol–water partition coefficient (Wildman–Crippen LogP) is 5.87. The molecule has 36 heavy (non-hydrogen) atoms. The molecule has 2 heterocycles. The van der Waals surface area contributed by atoms with Crippen LogP contribution < -0.4 is 4.74 Å². The highest BCUT2D eigenvalue weighted by Gasteiger charge is 2.41. The molecule has 2 aromatic carbocycles. The number of carbonyl (C=O) groups is 1. The second-order valence-electron chi connectivity index (χ2n) is 9.16. The molecule has 0 amide bonds. The van der Waals surface area contributed by atoms with Gasteiger partial charge >= 0.3 is 12.1 Å². The molecule has 1 aliphatic carbocycles. The van der Waals surface area contributed by atoms with Crippen molar-refractivity contribution in [2.75, 3.05) is 0 Å². The zero-order valence-electron chi connectivity index (χ0n) is 19.6. The van der Waals surface area contributed by atoms with Crippen molar-refractivity contribution in [3.8, 4) is 11.4 Å². The first kappa shape index (κ1) is 23.9. The predicted molar refractivity (Wildman–Crippen MR) is 126 cm³/mol. The number of ether oxygens (including phenoxy) is 1. The van der Waals surface area contributed by atoms with E-state index in [1.165, 1.54) is 16.9 Å². The molecular weight excluding hydrogens is 473 g/mol. The van der Waals surface area contributed by atoms with Gasteiger partial charge in [-0.1, -0.05) is 19.3 Å². The lowest BCUT2D eigenvalue weighted by Crippen LogP contribution is -2.43. The number of aliphatic carboxylic acids is 1. The van der Waals surface area contributed by atoms with E-state index in [9.17, 15) is 23.1 Å². The smallest absolute Gasteiger partial charge is 0.416 e. The zero-order valence-corrected chi connectivity index (χ0v) is 19.6. The van der Waals surface area contributed by atoms with Crippen molar-refractivity contribution in [1.82, 2.24) is 19.6 Å². The zero-order chi connectivity index (χ0) is 25.5. The van der Waals surface area contributed by atoms with Gasteiger partial charge in [-0.15, -0.1) is 5.10 Å². The topological polar surface area (TPSA) is 82.2 Å². The van der Waals surface area contributed by atoms with Crippen molar-refractivity contribution in [3.63, 3.8) is 0 Å². The number of carboxylic acid groups (broad SMARTS) is 1. The number of carboxylic acids is 1. The van der Waals surface area contributed by atoms with Gasteiger partial charge in [0.2, 0.25) is 0 Å². The second-order valence-corrected chi connectivity index (χ2v) is 9.16. The van der Waals surface area contributed by atoms with Crippen LogP contribution in [-0.4, -0.2) is 30.6 Å². The van der Waals surface area contributed by atoms with E-state index in [4.69, 9.17) is 4.74 Å². The minimum absolute atomic E-state index is 0.123. The lowest BCUT2D eigenvalue weighted by atomic mass is 9.81. The van der Waals surface area contributed by atoms with Crippen LogP contribution in [0.5, 0.6) is 5.75 Å². The Morgan fingerprint density at radius 3 is 2.44 bits per heavy atom. The molecule has 1 saturated carbocycles. The van der Waals surface area contributed by atoms with E-state index in [2.05, 4.69) is 10.2 Å². The molecule has 0 aliphatic heterocycles. The van der Waals surface area contributed by atoms with Gasteiger partial charge in [-0.25, -0.2) is 4.79 Å². The number of rotatable bonds is 6. The minimum atomic E-state index is -4.41. The Morgan fingerprint density at radius 1 is 1.06 bits per heavy atom. The monoisotopic (exact) mass is 498 g/mol. The van der Waals surface area contributed by atoms with Gasteiger partial charge in [0.1, 0.15) is 23.6 Å². The largest absolute Gasteiger partial charge is 0.487 e. The summed E-state index contributed by atoms with van der Waals surface area (Å²) in [6.07, 6.45) is 1.48. The molecule has 1 aliphatic rings. The Hall–Kier alpha value is -3.82. The van der Waals surface area contributed by atoms with Crippen LogP contribution in [0.4, 0.5) is 13.2 Å². The SMILES string of the molecule is Cc1nn(-c2ccc(C(F)(F)F)cc2)nc1COc1ccc2c(ccn2C2(C(=O)O)CCCCC2)c1. The third kappa shape index (κ3) is 4.31. The summed E-state index contributed by atoms with van der Waals surface area (Å²) in [7, 11) is 0. The number of hydrogen-bond donors (Lipinski definition) is 1. The number of aromatic nitrogens is 4. The van der Waals surface area contributed by atoms with Gasteiger partial charge < -0.3 is 14.4 Å². The van der Waals surface area contributed by atoms with E-state index in [0.29, 0.717) is 35.7 Å². The van der Waals surface area contributed by atoms with Gasteiger partial charge in [0.25, 0.3) is 0 Å². The Labute approximate surface area is 205 Å². The molecule has 188 valence electrons. The average molecular weight is 499 g/mol. The first-order chi connectivity index (χ1) is 17.2. The maximum atomic E-state index is 12.8. The van der Waals surface area contributed by atoms with Crippen LogP contribution in [0, 0.1) is 6.92 Å². The van der Waals surface area contributed by atoms with Crippen molar-refractivity contribution in [1.29, 1.82) is 0 Å². The van der Waals surface area contributed by atoms with Gasteiger partial charge in [0.05, 0.1) is 16.9 Å². The Kier molecular flexibility index (Phi) is 5.97. The first-order valence-electron chi connectivity index (χ1n) is 11.8. The number of fused-ring (bicyclic) bond motifs is 1. The van der Waals surface area contributed by atoms with Crippen molar-refractivity contribution in [2.24, 2.45) is 0 Å². The third-order valence-electron chi connectivity index (χ3n) is 6.88. The Morgan fingerprint density at radius 2 is 1.78 bits per heavy atom. The highest BCUT2D eigenvalue weighted by molar-refractivity contribution is 5.86. The van der Waals surface area contributed by atoms with E-state index >= 15 is 0 Å². The summed E-state index contributed by atoms with van der Waals surface area (Å²) in [6.45, 7) is 1.88. The summed E-state index contributed by atoms with van der Waals surface area (Å²) >= 11 is 0. The quantitative estimate of drug-likeness (QED) is 0.359. The summed E-state index contributed by atoms with van der Waals surface area (Å²) in [6, 6.07) is 12.1. The van der Waals surface area contributed by atoms with E-state index in [1.807, 2.05) is 29.0 Å². The van der Waals surface area contributed by atoms with Crippen LogP contribution in [0.25, 0.3) is 16.6 Å². The molecule has 0 radical (unpaired) electrons. The van der Waals surface area contributed by atoms with E-state index in [1.54, 1.807) is 13.0 Å². The van der Waals surface area contributed by atoms with Crippen LogP contribution in [-0.2, 0) is 23.1 Å². The van der Waals surface area contributed by atoms with Crippen LogP contribution in [0.1, 0.15) is 49.1 Å². The molecule has 1 N–H and O–H groups in total. The molecule has 2 aromatic heterocycles. The molecule has 5 rings (SSSR count). The van der Waals surface area contributed by atoms with Gasteiger partial charge in [0.15, 0.2) is 0 Å². The fourth-order valence-electron chi connectivity index (χ4n) is 4.87. The molecule has 1 fully saturated rings. The molecule has 4 aromatic rings. The molecular formula is C26H25F3N4O3. The molecule has 0 atom stereocenters. The number of hydrogen-bond acceptors (Lipinski definition) is 4. The minimum Gasteiger partial charge on any atom is -0.487 e. The summed E-state index contributed by atoms with van der Waals surface area (Å²) in [5, 5.41) is 19.6. The molecule has 0 bridgehead atoms. The maximum Gasteiger partial charge on any atom is 0.416 e. The van der Waals surface area contributed by atoms with Crippen LogP contribution in [0.3, 0.4) is 0 Å². The number of aryl methyl sites for hydroxylation is 1. The van der Waals surface area contributed by atoms with Crippen molar-refractivity contribution in [3.05, 3.63) is 71.7 Å². The van der Waals surface area contributed by atoms with Crippen molar-refractivity contribution in [2.45, 2.75) is 57.3 Å². The number of halogens is 3. The summed E-state index contributed by atoms with van der Waals surface area (Å²) < 4.78 is 46.3. The molecule has 0 unspecified atom stereocenters. The van der Waals surface area contributed by atoms with Crippen molar-refractivity contribution >= 4 is 16.9 Å². The summed E-state index contributed by atoms with van der Waals surface area (Å²) in [5.41, 5.74) is 0.755. The van der Waals surface area contributed by atoms with E-state index in [0.717, 1.165) is 42.3 Å². The standard InChI is InChI=1S/C26H25F3N4O3/c1-17-22(31-33(30-17)20-7-5-19(6-8-20)26(27,28)29)16-36-21-9-10-23-18(15-21)11-14-32(23)25(24(34)35)12-3-2-4-13-25/h5-11,14-15H,2-4,12-13,16H2,1H3,(H,34,35). The molecule has 0 spiro atoms. The number of nitrogens with zero attached hydrogens (tertiary/aromatic N) is 4. The van der Waals surface area contributed by atoms with Gasteiger partial charge in [-0.05, 0) is 68.3 Å². The van der Waals surface area contributed by atoms with E-state index < -0.39 is 23.2 Å². The second kappa shape index (κ2) is 9.00. The van der Waals surface area contributed by atoms with Gasteiger partial charge in [-0.3, -0.25) is 0 Å². The van der Waals surface area contributed by atoms with Gasteiger partial charge in [-0.2, -0.15) is 23.1 Å². The lowest BCUT2D eigenvalue weighted by molar-refractivity contribution is -0.149. The van der Waals surface area contributed by atoms with E-state index in [-0.39, 0.29) is 6.61 Å². The highest BCUT2D eigenvalue weighted by Crippen LogP contribution is 2.38. The Bertz CT molecular complexity index is 1400. The summed E-state index contributed by atoms with van der Waals surface area (Å²) in [4.78, 5) is 13.5. The van der Waals surface area contributed by atoms with Crippen LogP contribution >= 0.6 is 0 Å². The fourth-order valence-corrected chi connectivity index (χ4v) is 4.87. The highest BCUT2D eigenvalue weighted by atomic mass is 19.4. The molecule has 10 heteroatoms. The fraction of sp³-hybridized carbons (Fsp3) is 0.346. The van der Waals surface area contributed by atoms with Crippen molar-refractivity contribution < 1.29 is 27.8 Å². The normalized spacial score (nSPS) is 15.8. The number of benzene rings is 2. The van der Waals surface area contributed by atoms with Gasteiger partial charge in [0, 0.05) is 17.1 Å².